The van der Waals surface area contributed by atoms with Gasteiger partial charge in [0.05, 0.1) is 18.9 Å². The first-order chi connectivity index (χ1) is 26.4. The molecule has 54 heavy (non-hydrogen) atoms. The van der Waals surface area contributed by atoms with Crippen LogP contribution in [0.15, 0.2) is 149 Å². The van der Waals surface area contributed by atoms with E-state index in [2.05, 4.69) is 20.9 Å². The molecular weight excluding hydrogens is 717 g/mol. The fourth-order valence-electron chi connectivity index (χ4n) is 5.39. The number of para-hydroxylation sites is 1. The molecule has 3 amide bonds. The molecule has 0 spiro atoms. The van der Waals surface area contributed by atoms with E-state index >= 15 is 0 Å². The quantitative estimate of drug-likeness (QED) is 0.0706. The van der Waals surface area contributed by atoms with Crippen LogP contribution >= 0.6 is 23.1 Å². The van der Waals surface area contributed by atoms with Crippen LogP contribution in [0.3, 0.4) is 0 Å². The molecule has 11 heteroatoms. The molecular formula is C43H38N4O5S2. The Balaban J connectivity index is 1.21. The number of hydrogen-bond acceptors (Lipinski definition) is 8. The van der Waals surface area contributed by atoms with Gasteiger partial charge in [0.1, 0.15) is 22.4 Å². The second-order valence-corrected chi connectivity index (χ2v) is 13.8. The molecule has 1 atom stereocenters. The Kier molecular flexibility index (Phi) is 12.9. The molecule has 0 fully saturated rings. The van der Waals surface area contributed by atoms with E-state index in [-0.39, 0.29) is 11.6 Å². The van der Waals surface area contributed by atoms with Crippen molar-refractivity contribution in [2.75, 3.05) is 23.8 Å². The molecule has 0 saturated heterocycles. The first-order valence-corrected chi connectivity index (χ1v) is 19.1. The number of anilines is 2. The maximum Gasteiger partial charge on any atom is 0.272 e. The highest BCUT2D eigenvalue weighted by molar-refractivity contribution is 8.00. The van der Waals surface area contributed by atoms with E-state index in [0.717, 1.165) is 27.5 Å². The summed E-state index contributed by atoms with van der Waals surface area (Å²) in [7, 11) is 0. The minimum Gasteiger partial charge on any atom is -0.494 e. The van der Waals surface area contributed by atoms with Gasteiger partial charge in [-0.15, -0.1) is 23.1 Å². The third-order valence-corrected chi connectivity index (χ3v) is 9.93. The van der Waals surface area contributed by atoms with Crippen molar-refractivity contribution in [1.82, 2.24) is 10.3 Å². The summed E-state index contributed by atoms with van der Waals surface area (Å²) in [6.07, 6.45) is 1.59. The zero-order valence-corrected chi connectivity index (χ0v) is 31.3. The molecule has 1 unspecified atom stereocenters. The lowest BCUT2D eigenvalue weighted by Crippen LogP contribution is -2.30. The number of nitrogens with one attached hydrogen (secondary N) is 3. The van der Waals surface area contributed by atoms with Crippen molar-refractivity contribution in [2.24, 2.45) is 0 Å². The second kappa shape index (κ2) is 18.5. The SMILES string of the molecule is CCOc1ccc(-c2csc(NC(=O)C(Sc3cccc(NC(=O)/C(=C\c4ccccc4OCC)NC(=O)c4ccccc4)c3)c3ccccc3)n2)cc1. The monoisotopic (exact) mass is 754 g/mol. The van der Waals surface area contributed by atoms with Gasteiger partial charge in [-0.05, 0) is 86.2 Å². The van der Waals surface area contributed by atoms with Crippen LogP contribution in [0.1, 0.15) is 40.6 Å². The molecule has 6 rings (SSSR count). The summed E-state index contributed by atoms with van der Waals surface area (Å²) >= 11 is 2.70. The van der Waals surface area contributed by atoms with Crippen LogP contribution in [0.4, 0.5) is 10.8 Å². The Hall–Kier alpha value is -6.17. The van der Waals surface area contributed by atoms with E-state index in [4.69, 9.17) is 9.47 Å². The minimum atomic E-state index is -0.634. The molecule has 0 bridgehead atoms. The normalized spacial score (nSPS) is 11.6. The Labute approximate surface area is 322 Å². The largest absolute Gasteiger partial charge is 0.494 e. The zero-order chi connectivity index (χ0) is 37.7. The molecule has 5 aromatic carbocycles. The number of aromatic nitrogens is 1. The topological polar surface area (TPSA) is 119 Å². The lowest BCUT2D eigenvalue weighted by molar-refractivity contribution is -0.116. The van der Waals surface area contributed by atoms with Crippen molar-refractivity contribution >= 4 is 57.7 Å². The summed E-state index contributed by atoms with van der Waals surface area (Å²) in [6, 6.07) is 40.4. The summed E-state index contributed by atoms with van der Waals surface area (Å²) in [5.41, 5.74) is 4.02. The van der Waals surface area contributed by atoms with Gasteiger partial charge in [0, 0.05) is 32.7 Å². The van der Waals surface area contributed by atoms with E-state index in [0.29, 0.717) is 40.9 Å². The van der Waals surface area contributed by atoms with Crippen LogP contribution in [0.25, 0.3) is 17.3 Å². The molecule has 0 saturated carbocycles. The molecule has 0 aliphatic heterocycles. The number of rotatable bonds is 15. The van der Waals surface area contributed by atoms with Gasteiger partial charge in [0.2, 0.25) is 5.91 Å². The van der Waals surface area contributed by atoms with Gasteiger partial charge in [0.15, 0.2) is 5.13 Å². The van der Waals surface area contributed by atoms with Gasteiger partial charge in [-0.3, -0.25) is 14.4 Å². The van der Waals surface area contributed by atoms with E-state index in [1.807, 2.05) is 104 Å². The first-order valence-electron chi connectivity index (χ1n) is 17.3. The van der Waals surface area contributed by atoms with Crippen molar-refractivity contribution in [3.05, 3.63) is 161 Å². The highest BCUT2D eigenvalue weighted by atomic mass is 32.2. The Bertz CT molecular complexity index is 2220. The number of amides is 3. The summed E-state index contributed by atoms with van der Waals surface area (Å²) in [5.74, 6) is 0.158. The lowest BCUT2D eigenvalue weighted by Gasteiger charge is -2.17. The molecule has 3 N–H and O–H groups in total. The van der Waals surface area contributed by atoms with Crippen LogP contribution in [0, 0.1) is 0 Å². The van der Waals surface area contributed by atoms with Crippen LogP contribution < -0.4 is 25.4 Å². The second-order valence-electron chi connectivity index (χ2n) is 11.7. The molecule has 0 aliphatic carbocycles. The molecule has 0 aliphatic rings. The van der Waals surface area contributed by atoms with Crippen LogP contribution in [-0.4, -0.2) is 35.9 Å². The average Bonchev–Trinajstić information content (AvgIpc) is 3.67. The Morgan fingerprint density at radius 3 is 2.22 bits per heavy atom. The third kappa shape index (κ3) is 10.0. The third-order valence-electron chi connectivity index (χ3n) is 7.93. The number of carbonyl (C=O) groups is 3. The van der Waals surface area contributed by atoms with Crippen molar-refractivity contribution in [1.29, 1.82) is 0 Å². The summed E-state index contributed by atoms with van der Waals surface area (Å²) in [6.45, 7) is 4.84. The van der Waals surface area contributed by atoms with Crippen molar-refractivity contribution in [3.8, 4) is 22.8 Å². The highest BCUT2D eigenvalue weighted by Gasteiger charge is 2.24. The summed E-state index contributed by atoms with van der Waals surface area (Å²) in [4.78, 5) is 46.4. The van der Waals surface area contributed by atoms with E-state index in [1.165, 1.54) is 23.1 Å². The van der Waals surface area contributed by atoms with E-state index in [9.17, 15) is 14.4 Å². The Morgan fingerprint density at radius 1 is 0.778 bits per heavy atom. The van der Waals surface area contributed by atoms with Gasteiger partial charge < -0.3 is 25.4 Å². The fourth-order valence-corrected chi connectivity index (χ4v) is 7.20. The molecule has 1 aromatic heterocycles. The standard InChI is InChI=1S/C43H38N4O5S2/c1-3-51-34-24-22-29(23-25-34)37-28-53-43(46-37)47-42(50)39(30-14-7-5-8-15-30)54-35-20-13-19-33(27-35)44-41(49)36(45-40(48)31-16-9-6-10-17-31)26-32-18-11-12-21-38(32)52-4-2/h5-28,39H,3-4H2,1-2H3,(H,44,49)(H,45,48)(H,46,47,50)/b36-26+. The predicted molar refractivity (Wildman–Crippen MR) is 217 cm³/mol. The van der Waals surface area contributed by atoms with Gasteiger partial charge >= 0.3 is 0 Å². The van der Waals surface area contributed by atoms with Crippen molar-refractivity contribution < 1.29 is 23.9 Å². The fraction of sp³-hybridized carbons (Fsp3) is 0.116. The lowest BCUT2D eigenvalue weighted by atomic mass is 10.1. The van der Waals surface area contributed by atoms with Gasteiger partial charge in [0.25, 0.3) is 11.8 Å². The van der Waals surface area contributed by atoms with Crippen molar-refractivity contribution in [3.63, 3.8) is 0 Å². The number of hydrogen-bond donors (Lipinski definition) is 3. The van der Waals surface area contributed by atoms with E-state index in [1.54, 1.807) is 54.6 Å². The van der Waals surface area contributed by atoms with Gasteiger partial charge in [-0.2, -0.15) is 0 Å². The van der Waals surface area contributed by atoms with Gasteiger partial charge in [-0.1, -0.05) is 72.8 Å². The summed E-state index contributed by atoms with van der Waals surface area (Å²) in [5, 5.41) is 10.5. The zero-order valence-electron chi connectivity index (χ0n) is 29.7. The number of nitrogens with zero attached hydrogens (tertiary/aromatic N) is 1. The maximum atomic E-state index is 13.9. The van der Waals surface area contributed by atoms with Crippen LogP contribution in [-0.2, 0) is 9.59 Å². The van der Waals surface area contributed by atoms with E-state index < -0.39 is 17.1 Å². The maximum absolute atomic E-state index is 13.9. The van der Waals surface area contributed by atoms with Crippen LogP contribution in [0.5, 0.6) is 11.5 Å². The molecule has 9 nitrogen and oxygen atoms in total. The average molecular weight is 755 g/mol. The minimum absolute atomic E-state index is 0.0312. The highest BCUT2D eigenvalue weighted by Crippen LogP contribution is 2.38. The number of thioether (sulfide) groups is 1. The predicted octanol–water partition coefficient (Wildman–Crippen LogP) is 9.49. The first kappa shape index (κ1) is 37.6. The molecule has 0 radical (unpaired) electrons. The number of ether oxygens (including phenoxy) is 2. The van der Waals surface area contributed by atoms with Gasteiger partial charge in [-0.25, -0.2) is 4.98 Å². The number of thiazole rings is 1. The number of carbonyl (C=O) groups excluding carboxylic acids is 3. The van der Waals surface area contributed by atoms with Crippen molar-refractivity contribution in [2.45, 2.75) is 24.0 Å². The molecule has 6 aromatic rings. The number of benzene rings is 5. The van der Waals surface area contributed by atoms with Crippen LogP contribution in [0.2, 0.25) is 0 Å². The summed E-state index contributed by atoms with van der Waals surface area (Å²) < 4.78 is 11.3. The molecule has 1 heterocycles. The Morgan fingerprint density at radius 2 is 1.48 bits per heavy atom. The molecule has 272 valence electrons. The smallest absolute Gasteiger partial charge is 0.272 e.